The molecule has 1 aromatic rings. The number of carbonyl (C=O) groups excluding carboxylic acids is 1. The number of guanidine groups is 1. The molecule has 0 unspecified atom stereocenters. The minimum Gasteiger partial charge on any atom is -0.492 e. The molecule has 0 aliphatic rings. The molecule has 0 aliphatic heterocycles. The maximum absolute atomic E-state index is 13.0. The Morgan fingerprint density at radius 2 is 1.96 bits per heavy atom. The Labute approximate surface area is 157 Å². The fourth-order valence-corrected chi connectivity index (χ4v) is 1.53. The van der Waals surface area contributed by atoms with Crippen molar-refractivity contribution in [2.24, 2.45) is 4.99 Å². The normalized spacial score (nSPS) is 10.6. The second kappa shape index (κ2) is 11.8. The third-order valence-electron chi connectivity index (χ3n) is 2.77. The van der Waals surface area contributed by atoms with E-state index >= 15 is 0 Å². The summed E-state index contributed by atoms with van der Waals surface area (Å²) in [5, 5.41) is 5.98. The maximum Gasteiger partial charge on any atom is 0.243 e. The van der Waals surface area contributed by atoms with Crippen LogP contribution in [-0.4, -0.2) is 57.1 Å². The van der Waals surface area contributed by atoms with Crippen LogP contribution in [0.15, 0.2) is 23.2 Å². The van der Waals surface area contributed by atoms with Gasteiger partial charge in [0.05, 0.1) is 6.54 Å². The van der Waals surface area contributed by atoms with Gasteiger partial charge in [-0.3, -0.25) is 4.79 Å². The maximum atomic E-state index is 13.0. The molecule has 0 saturated heterocycles. The number of likely N-dealkylation sites (N-methyl/N-ethyl adjacent to an activating group) is 1. The summed E-state index contributed by atoms with van der Waals surface area (Å²) >= 11 is 0. The third-order valence-corrected chi connectivity index (χ3v) is 2.77. The molecule has 0 atom stereocenters. The molecule has 0 bridgehead atoms. The number of rotatable bonds is 7. The average molecular weight is 456 g/mol. The SMILES string of the molecule is CCNC(=NCC(=O)N(C)C)NCCOc1ccc(F)c(F)c1.I. The Kier molecular flexibility index (Phi) is 11.0. The Hall–Kier alpha value is -1.65. The minimum absolute atomic E-state index is 0. The molecule has 1 aromatic carbocycles. The number of halogens is 3. The number of benzene rings is 1. The first kappa shape index (κ1) is 22.4. The van der Waals surface area contributed by atoms with Gasteiger partial charge in [-0.2, -0.15) is 0 Å². The highest BCUT2D eigenvalue weighted by molar-refractivity contribution is 14.0. The van der Waals surface area contributed by atoms with E-state index in [0.29, 0.717) is 19.0 Å². The molecular formula is C15H23F2IN4O2. The van der Waals surface area contributed by atoms with E-state index in [1.807, 2.05) is 6.92 Å². The molecule has 24 heavy (non-hydrogen) atoms. The fraction of sp³-hybridized carbons (Fsp3) is 0.467. The fourth-order valence-electron chi connectivity index (χ4n) is 1.53. The summed E-state index contributed by atoms with van der Waals surface area (Å²) < 4.78 is 31.1. The van der Waals surface area contributed by atoms with E-state index in [1.54, 1.807) is 14.1 Å². The number of hydrogen-bond acceptors (Lipinski definition) is 3. The van der Waals surface area contributed by atoms with Crippen molar-refractivity contribution in [3.05, 3.63) is 29.8 Å². The molecule has 1 amide bonds. The quantitative estimate of drug-likeness (QED) is 0.283. The highest BCUT2D eigenvalue weighted by atomic mass is 127. The lowest BCUT2D eigenvalue weighted by atomic mass is 10.3. The van der Waals surface area contributed by atoms with Crippen LogP contribution in [0.5, 0.6) is 5.75 Å². The molecule has 0 heterocycles. The van der Waals surface area contributed by atoms with Crippen molar-refractivity contribution in [3.63, 3.8) is 0 Å². The van der Waals surface area contributed by atoms with Crippen LogP contribution in [0.3, 0.4) is 0 Å². The molecule has 9 heteroatoms. The van der Waals surface area contributed by atoms with Crippen molar-refractivity contribution in [2.45, 2.75) is 6.92 Å². The van der Waals surface area contributed by atoms with Crippen LogP contribution in [0, 0.1) is 11.6 Å². The Morgan fingerprint density at radius 1 is 1.25 bits per heavy atom. The van der Waals surface area contributed by atoms with E-state index in [4.69, 9.17) is 4.74 Å². The number of nitrogens with zero attached hydrogens (tertiary/aromatic N) is 2. The van der Waals surface area contributed by atoms with Crippen LogP contribution in [0.1, 0.15) is 6.92 Å². The van der Waals surface area contributed by atoms with Crippen LogP contribution in [-0.2, 0) is 4.79 Å². The van der Waals surface area contributed by atoms with E-state index in [0.717, 1.165) is 12.1 Å². The standard InChI is InChI=1S/C15H22F2N4O2.HI/c1-4-18-15(20-10-14(22)21(2)3)19-7-8-23-11-5-6-12(16)13(17)9-11;/h5-6,9H,4,7-8,10H2,1-3H3,(H2,18,19,20);1H. The average Bonchev–Trinajstić information content (AvgIpc) is 2.51. The summed E-state index contributed by atoms with van der Waals surface area (Å²) in [6.45, 7) is 3.21. The van der Waals surface area contributed by atoms with E-state index in [2.05, 4.69) is 15.6 Å². The number of nitrogens with one attached hydrogen (secondary N) is 2. The Morgan fingerprint density at radius 3 is 2.54 bits per heavy atom. The van der Waals surface area contributed by atoms with Crippen molar-refractivity contribution >= 4 is 35.8 Å². The van der Waals surface area contributed by atoms with Crippen LogP contribution in [0.4, 0.5) is 8.78 Å². The predicted octanol–water partition coefficient (Wildman–Crippen LogP) is 1.60. The van der Waals surface area contributed by atoms with Crippen molar-refractivity contribution in [1.82, 2.24) is 15.5 Å². The molecule has 0 aromatic heterocycles. The first-order valence-corrected chi connectivity index (χ1v) is 7.24. The lowest BCUT2D eigenvalue weighted by molar-refractivity contribution is -0.127. The largest absolute Gasteiger partial charge is 0.492 e. The monoisotopic (exact) mass is 456 g/mol. The molecule has 0 radical (unpaired) electrons. The van der Waals surface area contributed by atoms with E-state index in [9.17, 15) is 13.6 Å². The second-order valence-corrected chi connectivity index (χ2v) is 4.83. The zero-order valence-electron chi connectivity index (χ0n) is 13.9. The number of aliphatic imine (C=N–C) groups is 1. The Bertz CT molecular complexity index is 556. The first-order valence-electron chi connectivity index (χ1n) is 7.24. The second-order valence-electron chi connectivity index (χ2n) is 4.83. The van der Waals surface area contributed by atoms with Gasteiger partial charge < -0.3 is 20.3 Å². The molecule has 6 nitrogen and oxygen atoms in total. The van der Waals surface area contributed by atoms with Crippen LogP contribution in [0.2, 0.25) is 0 Å². The van der Waals surface area contributed by atoms with Crippen molar-refractivity contribution in [2.75, 3.05) is 40.3 Å². The van der Waals surface area contributed by atoms with Gasteiger partial charge >= 0.3 is 0 Å². The van der Waals surface area contributed by atoms with E-state index in [-0.39, 0.29) is 48.8 Å². The van der Waals surface area contributed by atoms with Crippen LogP contribution < -0.4 is 15.4 Å². The molecule has 1 rings (SSSR count). The zero-order chi connectivity index (χ0) is 17.2. The van der Waals surface area contributed by atoms with Gasteiger partial charge in [-0.15, -0.1) is 24.0 Å². The summed E-state index contributed by atoms with van der Waals surface area (Å²) in [6.07, 6.45) is 0. The molecule has 0 saturated carbocycles. The smallest absolute Gasteiger partial charge is 0.243 e. The summed E-state index contributed by atoms with van der Waals surface area (Å²) in [5.74, 6) is -1.25. The topological polar surface area (TPSA) is 66.0 Å². The van der Waals surface area contributed by atoms with Gasteiger partial charge in [0.2, 0.25) is 5.91 Å². The van der Waals surface area contributed by atoms with Crippen molar-refractivity contribution in [3.8, 4) is 5.75 Å². The van der Waals surface area contributed by atoms with Gasteiger partial charge in [0, 0.05) is 26.7 Å². The Balaban J connectivity index is 0.00000529. The zero-order valence-corrected chi connectivity index (χ0v) is 16.3. The van der Waals surface area contributed by atoms with Crippen LogP contribution in [0.25, 0.3) is 0 Å². The molecule has 0 spiro atoms. The van der Waals surface area contributed by atoms with Gasteiger partial charge in [-0.05, 0) is 19.1 Å². The number of ether oxygens (including phenoxy) is 1. The highest BCUT2D eigenvalue weighted by Crippen LogP contribution is 2.14. The minimum atomic E-state index is -0.951. The summed E-state index contributed by atoms with van der Waals surface area (Å²) in [6, 6.07) is 3.36. The van der Waals surface area contributed by atoms with E-state index < -0.39 is 11.6 Å². The van der Waals surface area contributed by atoms with Gasteiger partial charge in [-0.1, -0.05) is 0 Å². The third kappa shape index (κ3) is 8.27. The summed E-state index contributed by atoms with van der Waals surface area (Å²) in [7, 11) is 3.32. The molecule has 0 fully saturated rings. The van der Waals surface area contributed by atoms with Gasteiger partial charge in [-0.25, -0.2) is 13.8 Å². The molecule has 0 aliphatic carbocycles. The predicted molar refractivity (Wildman–Crippen MR) is 99.9 cm³/mol. The van der Waals surface area contributed by atoms with Gasteiger partial charge in [0.15, 0.2) is 17.6 Å². The van der Waals surface area contributed by atoms with Crippen molar-refractivity contribution < 1.29 is 18.3 Å². The van der Waals surface area contributed by atoms with Crippen molar-refractivity contribution in [1.29, 1.82) is 0 Å². The molecular weight excluding hydrogens is 433 g/mol. The molecule has 136 valence electrons. The lowest BCUT2D eigenvalue weighted by Gasteiger charge is -2.13. The first-order chi connectivity index (χ1) is 10.9. The van der Waals surface area contributed by atoms with Gasteiger partial charge in [0.1, 0.15) is 18.9 Å². The summed E-state index contributed by atoms with van der Waals surface area (Å²) in [5.41, 5.74) is 0. The lowest BCUT2D eigenvalue weighted by Crippen LogP contribution is -2.40. The number of carbonyl (C=O) groups is 1. The number of amides is 1. The molecule has 2 N–H and O–H groups in total. The van der Waals surface area contributed by atoms with E-state index in [1.165, 1.54) is 11.0 Å². The summed E-state index contributed by atoms with van der Waals surface area (Å²) in [4.78, 5) is 17.1. The van der Waals surface area contributed by atoms with Crippen LogP contribution >= 0.6 is 24.0 Å². The number of hydrogen-bond donors (Lipinski definition) is 2. The highest BCUT2D eigenvalue weighted by Gasteiger charge is 2.05. The van der Waals surface area contributed by atoms with Gasteiger partial charge in [0.25, 0.3) is 0 Å².